The second-order valence-electron chi connectivity index (χ2n) is 8.67. The fourth-order valence-electron chi connectivity index (χ4n) is 3.78. The van der Waals surface area contributed by atoms with Crippen LogP contribution in [0.2, 0.25) is 0 Å². The fourth-order valence-corrected chi connectivity index (χ4v) is 3.78. The number of ether oxygens (including phenoxy) is 2. The molecule has 0 atom stereocenters. The first-order valence-electron chi connectivity index (χ1n) is 11.0. The number of nitrogens with zero attached hydrogens (tertiary/aromatic N) is 5. The number of hydrogen-bond donors (Lipinski definition) is 0. The Kier molecular flexibility index (Phi) is 7.23. The third-order valence-electron chi connectivity index (χ3n) is 5.16. The summed E-state index contributed by atoms with van der Waals surface area (Å²) in [5.41, 5.74) is 2.10. The van der Waals surface area contributed by atoms with Crippen LogP contribution in [-0.2, 0) is 27.2 Å². The van der Waals surface area contributed by atoms with Gasteiger partial charge in [0.05, 0.1) is 30.3 Å². The Balaban J connectivity index is 1.83. The molecular formula is C23H31N5O4. The Labute approximate surface area is 188 Å². The van der Waals surface area contributed by atoms with Gasteiger partial charge in [-0.1, -0.05) is 6.07 Å². The van der Waals surface area contributed by atoms with Crippen LogP contribution in [0.25, 0.3) is 11.0 Å². The number of carbonyl (C=O) groups excluding carboxylic acids is 2. The molecule has 172 valence electrons. The van der Waals surface area contributed by atoms with E-state index in [-0.39, 0.29) is 18.5 Å². The molecule has 1 saturated heterocycles. The summed E-state index contributed by atoms with van der Waals surface area (Å²) in [7, 11) is 0. The van der Waals surface area contributed by atoms with Crippen molar-refractivity contribution in [1.29, 1.82) is 5.26 Å². The van der Waals surface area contributed by atoms with Gasteiger partial charge in [-0.05, 0) is 39.8 Å². The van der Waals surface area contributed by atoms with E-state index < -0.39 is 5.60 Å². The number of para-hydroxylation sites is 1. The molecule has 0 saturated carbocycles. The van der Waals surface area contributed by atoms with E-state index in [4.69, 9.17) is 19.7 Å². The number of hydrogen-bond acceptors (Lipinski definition) is 7. The standard InChI is InChI=1S/C23H31N5O4/c1-5-31-20(29)16-19-25-21-17(8-6-9-18(21)28(19)11-7-10-24)26-12-14-27(15-13-26)22(30)32-23(2,3)4/h6,8-9H,5,7,11-16H2,1-4H3. The van der Waals surface area contributed by atoms with E-state index in [0.717, 1.165) is 16.7 Å². The van der Waals surface area contributed by atoms with Gasteiger partial charge in [0, 0.05) is 32.7 Å². The number of aromatic nitrogens is 2. The van der Waals surface area contributed by atoms with Crippen molar-refractivity contribution in [3.63, 3.8) is 0 Å². The monoisotopic (exact) mass is 441 g/mol. The van der Waals surface area contributed by atoms with Crippen molar-refractivity contribution in [1.82, 2.24) is 14.5 Å². The molecule has 1 aliphatic rings. The molecule has 2 aromatic rings. The second kappa shape index (κ2) is 9.90. The Hall–Kier alpha value is -3.28. The zero-order valence-corrected chi connectivity index (χ0v) is 19.3. The molecule has 1 fully saturated rings. The average Bonchev–Trinajstić information content (AvgIpc) is 3.08. The predicted octanol–water partition coefficient (Wildman–Crippen LogP) is 3.11. The molecule has 1 aromatic carbocycles. The molecule has 2 heterocycles. The van der Waals surface area contributed by atoms with Crippen molar-refractivity contribution in [3.8, 4) is 6.07 Å². The lowest BCUT2D eigenvalue weighted by molar-refractivity contribution is -0.142. The summed E-state index contributed by atoms with van der Waals surface area (Å²) in [6.07, 6.45) is 0.0766. The zero-order valence-electron chi connectivity index (χ0n) is 19.3. The molecule has 32 heavy (non-hydrogen) atoms. The minimum atomic E-state index is -0.522. The topological polar surface area (TPSA) is 101 Å². The fraction of sp³-hybridized carbons (Fsp3) is 0.565. The van der Waals surface area contributed by atoms with E-state index >= 15 is 0 Å². The molecule has 0 radical (unpaired) electrons. The SMILES string of the molecule is CCOC(=O)Cc1nc2c(N3CCN(C(=O)OC(C)(C)C)CC3)cccc2n1CCC#N. The molecule has 9 heteroatoms. The van der Waals surface area contributed by atoms with Crippen molar-refractivity contribution in [3.05, 3.63) is 24.0 Å². The molecule has 0 aliphatic carbocycles. The molecule has 0 spiro atoms. The first kappa shape index (κ1) is 23.4. The van der Waals surface area contributed by atoms with Crippen LogP contribution >= 0.6 is 0 Å². The largest absolute Gasteiger partial charge is 0.466 e. The number of benzene rings is 1. The summed E-state index contributed by atoms with van der Waals surface area (Å²) in [6.45, 7) is 10.5. The maximum Gasteiger partial charge on any atom is 0.410 e. The van der Waals surface area contributed by atoms with Gasteiger partial charge < -0.3 is 23.8 Å². The van der Waals surface area contributed by atoms with E-state index in [1.54, 1.807) is 11.8 Å². The molecule has 1 aliphatic heterocycles. The number of rotatable bonds is 6. The van der Waals surface area contributed by atoms with E-state index in [0.29, 0.717) is 51.6 Å². The summed E-state index contributed by atoms with van der Waals surface area (Å²) >= 11 is 0. The highest BCUT2D eigenvalue weighted by atomic mass is 16.6. The van der Waals surface area contributed by atoms with Gasteiger partial charge in [-0.3, -0.25) is 4.79 Å². The molecule has 1 aromatic heterocycles. The smallest absolute Gasteiger partial charge is 0.410 e. The molecule has 0 unspecified atom stereocenters. The lowest BCUT2D eigenvalue weighted by Gasteiger charge is -2.36. The number of carbonyl (C=O) groups is 2. The third kappa shape index (κ3) is 5.49. The molecule has 3 rings (SSSR count). The quantitative estimate of drug-likeness (QED) is 0.635. The molecular weight excluding hydrogens is 410 g/mol. The Morgan fingerprint density at radius 1 is 1.19 bits per heavy atom. The van der Waals surface area contributed by atoms with Gasteiger partial charge in [0.15, 0.2) is 0 Å². The second-order valence-corrected chi connectivity index (χ2v) is 8.67. The number of aryl methyl sites for hydroxylation is 1. The van der Waals surface area contributed by atoms with Crippen molar-refractivity contribution in [2.75, 3.05) is 37.7 Å². The predicted molar refractivity (Wildman–Crippen MR) is 120 cm³/mol. The highest BCUT2D eigenvalue weighted by molar-refractivity contribution is 5.90. The minimum Gasteiger partial charge on any atom is -0.466 e. The Bertz CT molecular complexity index is 1010. The van der Waals surface area contributed by atoms with Gasteiger partial charge >= 0.3 is 12.1 Å². The molecule has 1 amide bonds. The van der Waals surface area contributed by atoms with E-state index in [2.05, 4.69) is 11.0 Å². The van der Waals surface area contributed by atoms with Crippen LogP contribution in [0.15, 0.2) is 18.2 Å². The highest BCUT2D eigenvalue weighted by Gasteiger charge is 2.27. The van der Waals surface area contributed by atoms with E-state index in [9.17, 15) is 9.59 Å². The van der Waals surface area contributed by atoms with Gasteiger partial charge in [-0.2, -0.15) is 5.26 Å². The Morgan fingerprint density at radius 2 is 1.91 bits per heavy atom. The maximum atomic E-state index is 12.4. The average molecular weight is 442 g/mol. The van der Waals surface area contributed by atoms with Gasteiger partial charge in [0.25, 0.3) is 0 Å². The summed E-state index contributed by atoms with van der Waals surface area (Å²) < 4.78 is 12.5. The third-order valence-corrected chi connectivity index (χ3v) is 5.16. The summed E-state index contributed by atoms with van der Waals surface area (Å²) in [4.78, 5) is 33.2. The lowest BCUT2D eigenvalue weighted by Crippen LogP contribution is -2.50. The van der Waals surface area contributed by atoms with Gasteiger partial charge in [0.1, 0.15) is 23.4 Å². The van der Waals surface area contributed by atoms with Crippen molar-refractivity contribution >= 4 is 28.8 Å². The van der Waals surface area contributed by atoms with Crippen LogP contribution in [0.4, 0.5) is 10.5 Å². The molecule has 0 bridgehead atoms. The first-order valence-corrected chi connectivity index (χ1v) is 11.0. The van der Waals surface area contributed by atoms with E-state index in [1.807, 2.05) is 43.5 Å². The maximum absolute atomic E-state index is 12.4. The normalized spacial score (nSPS) is 14.3. The van der Waals surface area contributed by atoms with Crippen LogP contribution in [-0.4, -0.2) is 64.9 Å². The number of amides is 1. The molecule has 0 N–H and O–H groups in total. The van der Waals surface area contributed by atoms with Crippen LogP contribution in [0.5, 0.6) is 0 Å². The van der Waals surface area contributed by atoms with Crippen LogP contribution < -0.4 is 4.90 Å². The van der Waals surface area contributed by atoms with Crippen LogP contribution in [0, 0.1) is 11.3 Å². The van der Waals surface area contributed by atoms with Crippen LogP contribution in [0.3, 0.4) is 0 Å². The van der Waals surface area contributed by atoms with Crippen molar-refractivity contribution < 1.29 is 19.1 Å². The minimum absolute atomic E-state index is 0.0554. The number of piperazine rings is 1. The van der Waals surface area contributed by atoms with Crippen molar-refractivity contribution in [2.45, 2.75) is 52.7 Å². The number of fused-ring (bicyclic) bond motifs is 1. The van der Waals surface area contributed by atoms with Crippen molar-refractivity contribution in [2.24, 2.45) is 0 Å². The zero-order chi connectivity index (χ0) is 23.3. The van der Waals surface area contributed by atoms with E-state index in [1.165, 1.54) is 0 Å². The van der Waals surface area contributed by atoms with Gasteiger partial charge in [-0.25, -0.2) is 9.78 Å². The number of imidazole rings is 1. The summed E-state index contributed by atoms with van der Waals surface area (Å²) in [5.74, 6) is 0.252. The molecule has 9 nitrogen and oxygen atoms in total. The number of nitriles is 1. The highest BCUT2D eigenvalue weighted by Crippen LogP contribution is 2.29. The Morgan fingerprint density at radius 3 is 2.53 bits per heavy atom. The van der Waals surface area contributed by atoms with Gasteiger partial charge in [0.2, 0.25) is 0 Å². The first-order chi connectivity index (χ1) is 15.2. The van der Waals surface area contributed by atoms with Crippen LogP contribution in [0.1, 0.15) is 39.9 Å². The number of anilines is 1. The lowest BCUT2D eigenvalue weighted by atomic mass is 10.2. The summed E-state index contributed by atoms with van der Waals surface area (Å²) in [5, 5.41) is 9.07. The van der Waals surface area contributed by atoms with Gasteiger partial charge in [-0.15, -0.1) is 0 Å². The summed E-state index contributed by atoms with van der Waals surface area (Å²) in [6, 6.07) is 8.07. The number of esters is 1.